The smallest absolute Gasteiger partial charge is 0.180 e. The van der Waals surface area contributed by atoms with Crippen LogP contribution in [0, 0.1) is 5.82 Å². The first-order chi connectivity index (χ1) is 14.0. The highest BCUT2D eigenvalue weighted by Gasteiger charge is 2.14. The van der Waals surface area contributed by atoms with Gasteiger partial charge < -0.3 is 14.8 Å². The number of nitrogens with one attached hydrogen (secondary N) is 1. The van der Waals surface area contributed by atoms with Gasteiger partial charge in [0.25, 0.3) is 0 Å². The second kappa shape index (κ2) is 10.1. The van der Waals surface area contributed by atoms with Crippen molar-refractivity contribution in [2.75, 3.05) is 11.9 Å². The van der Waals surface area contributed by atoms with Crippen LogP contribution in [0.15, 0.2) is 54.6 Å². The summed E-state index contributed by atoms with van der Waals surface area (Å²) in [6.07, 6.45) is 0. The van der Waals surface area contributed by atoms with Gasteiger partial charge in [0, 0.05) is 17.8 Å². The zero-order valence-electron chi connectivity index (χ0n) is 15.6. The van der Waals surface area contributed by atoms with Gasteiger partial charge in [-0.25, -0.2) is 4.39 Å². The van der Waals surface area contributed by atoms with Crippen LogP contribution in [0.3, 0.4) is 0 Å². The van der Waals surface area contributed by atoms with Crippen molar-refractivity contribution >= 4 is 40.5 Å². The Balaban J connectivity index is 1.76. The third-order valence-electron chi connectivity index (χ3n) is 4.12. The first-order valence-corrected chi connectivity index (χ1v) is 10.1. The highest BCUT2D eigenvalue weighted by Crippen LogP contribution is 2.37. The van der Waals surface area contributed by atoms with Gasteiger partial charge in [0.05, 0.1) is 21.7 Å². The zero-order valence-corrected chi connectivity index (χ0v) is 17.9. The summed E-state index contributed by atoms with van der Waals surface area (Å²) in [5.41, 5.74) is 2.16. The predicted molar refractivity (Wildman–Crippen MR) is 117 cm³/mol. The molecule has 0 atom stereocenters. The van der Waals surface area contributed by atoms with Crippen molar-refractivity contribution in [2.45, 2.75) is 20.1 Å². The summed E-state index contributed by atoms with van der Waals surface area (Å²) in [6, 6.07) is 15.4. The lowest BCUT2D eigenvalue weighted by molar-refractivity contribution is 0.266. The molecule has 3 nitrogen and oxygen atoms in total. The van der Waals surface area contributed by atoms with Crippen molar-refractivity contribution < 1.29 is 13.9 Å². The van der Waals surface area contributed by atoms with Crippen LogP contribution < -0.4 is 14.8 Å². The van der Waals surface area contributed by atoms with Gasteiger partial charge in [-0.15, -0.1) is 0 Å². The van der Waals surface area contributed by atoms with Crippen LogP contribution >= 0.6 is 34.8 Å². The molecule has 0 fully saturated rings. The maximum atomic E-state index is 13.9. The molecule has 0 spiro atoms. The molecule has 0 amide bonds. The predicted octanol–water partition coefficient (Wildman–Crippen LogP) is 7.38. The number of hydrogen-bond acceptors (Lipinski definition) is 3. The molecule has 0 heterocycles. The summed E-state index contributed by atoms with van der Waals surface area (Å²) < 4.78 is 25.3. The molecule has 0 saturated heterocycles. The second-order valence-electron chi connectivity index (χ2n) is 6.20. The van der Waals surface area contributed by atoms with E-state index in [1.54, 1.807) is 36.4 Å². The Morgan fingerprint density at radius 3 is 2.41 bits per heavy atom. The van der Waals surface area contributed by atoms with Crippen molar-refractivity contribution in [3.8, 4) is 11.5 Å². The monoisotopic (exact) mass is 453 g/mol. The SMILES string of the molecule is CCOc1cc(CNc2ccc(Cl)c(Cl)c2)cc(Cl)c1OCc1ccccc1F. The van der Waals surface area contributed by atoms with Gasteiger partial charge in [-0.05, 0) is 48.9 Å². The Bertz CT molecular complexity index is 998. The number of rotatable bonds is 8. The fourth-order valence-electron chi connectivity index (χ4n) is 2.70. The summed E-state index contributed by atoms with van der Waals surface area (Å²) in [5, 5.41) is 4.62. The molecule has 0 radical (unpaired) electrons. The minimum absolute atomic E-state index is 0.0489. The van der Waals surface area contributed by atoms with Gasteiger partial charge >= 0.3 is 0 Å². The molecular formula is C22H19Cl3FNO2. The van der Waals surface area contributed by atoms with E-state index in [9.17, 15) is 4.39 Å². The highest BCUT2D eigenvalue weighted by molar-refractivity contribution is 6.42. The van der Waals surface area contributed by atoms with Crippen molar-refractivity contribution in [2.24, 2.45) is 0 Å². The highest BCUT2D eigenvalue weighted by atomic mass is 35.5. The fraction of sp³-hybridized carbons (Fsp3) is 0.182. The molecule has 152 valence electrons. The molecule has 0 bridgehead atoms. The molecule has 0 aliphatic heterocycles. The van der Waals surface area contributed by atoms with Crippen molar-refractivity contribution in [3.63, 3.8) is 0 Å². The van der Waals surface area contributed by atoms with Gasteiger partial charge in [0.1, 0.15) is 12.4 Å². The Morgan fingerprint density at radius 1 is 0.897 bits per heavy atom. The zero-order chi connectivity index (χ0) is 20.8. The third kappa shape index (κ3) is 5.69. The summed E-state index contributed by atoms with van der Waals surface area (Å²) in [7, 11) is 0. The maximum Gasteiger partial charge on any atom is 0.180 e. The lowest BCUT2D eigenvalue weighted by Gasteiger charge is -2.16. The molecule has 0 aromatic heterocycles. The lowest BCUT2D eigenvalue weighted by atomic mass is 10.2. The van der Waals surface area contributed by atoms with E-state index in [1.165, 1.54) is 6.07 Å². The van der Waals surface area contributed by atoms with E-state index in [0.29, 0.717) is 45.3 Å². The average Bonchev–Trinajstić information content (AvgIpc) is 2.70. The van der Waals surface area contributed by atoms with Crippen LogP contribution in [0.25, 0.3) is 0 Å². The van der Waals surface area contributed by atoms with Crippen molar-refractivity contribution in [1.82, 2.24) is 0 Å². The summed E-state index contributed by atoms with van der Waals surface area (Å²) in [4.78, 5) is 0. The molecule has 3 rings (SSSR count). The Labute approximate surface area is 184 Å². The van der Waals surface area contributed by atoms with Crippen LogP contribution in [-0.4, -0.2) is 6.61 Å². The third-order valence-corrected chi connectivity index (χ3v) is 5.14. The molecule has 1 N–H and O–H groups in total. The van der Waals surface area contributed by atoms with Crippen molar-refractivity contribution in [3.05, 3.63) is 86.6 Å². The molecule has 0 unspecified atom stereocenters. The summed E-state index contributed by atoms with van der Waals surface area (Å²) >= 11 is 18.4. The van der Waals surface area contributed by atoms with E-state index >= 15 is 0 Å². The summed E-state index contributed by atoms with van der Waals surface area (Å²) in [6.45, 7) is 2.85. The summed E-state index contributed by atoms with van der Waals surface area (Å²) in [5.74, 6) is 0.557. The Kier molecular flexibility index (Phi) is 7.48. The van der Waals surface area contributed by atoms with Gasteiger partial charge in [-0.1, -0.05) is 53.0 Å². The van der Waals surface area contributed by atoms with E-state index in [4.69, 9.17) is 44.3 Å². The van der Waals surface area contributed by atoms with E-state index < -0.39 is 0 Å². The number of halogens is 4. The standard InChI is InChI=1S/C22H19Cl3FNO2/c1-2-28-21-10-14(12-27-16-7-8-17(23)18(24)11-16)9-19(25)22(21)29-13-15-5-3-4-6-20(15)26/h3-11,27H,2,12-13H2,1H3. The second-order valence-corrected chi connectivity index (χ2v) is 7.42. The van der Waals surface area contributed by atoms with Crippen LogP contribution in [-0.2, 0) is 13.2 Å². The molecule has 7 heteroatoms. The number of hydrogen-bond donors (Lipinski definition) is 1. The van der Waals surface area contributed by atoms with Crippen LogP contribution in [0.2, 0.25) is 15.1 Å². The van der Waals surface area contributed by atoms with Gasteiger partial charge in [0.2, 0.25) is 0 Å². The largest absolute Gasteiger partial charge is 0.490 e. The molecule has 3 aromatic carbocycles. The lowest BCUT2D eigenvalue weighted by Crippen LogP contribution is -2.04. The Hall–Kier alpha value is -2.14. The Morgan fingerprint density at radius 2 is 1.69 bits per heavy atom. The molecule has 0 aliphatic rings. The maximum absolute atomic E-state index is 13.9. The fourth-order valence-corrected chi connectivity index (χ4v) is 3.29. The van der Waals surface area contributed by atoms with Crippen LogP contribution in [0.1, 0.15) is 18.1 Å². The van der Waals surface area contributed by atoms with Crippen LogP contribution in [0.5, 0.6) is 11.5 Å². The quantitative estimate of drug-likeness (QED) is 0.385. The normalized spacial score (nSPS) is 10.7. The van der Waals surface area contributed by atoms with E-state index in [-0.39, 0.29) is 12.4 Å². The number of ether oxygens (including phenoxy) is 2. The number of anilines is 1. The van der Waals surface area contributed by atoms with Crippen molar-refractivity contribution in [1.29, 1.82) is 0 Å². The molecule has 0 saturated carbocycles. The van der Waals surface area contributed by atoms with Crippen LogP contribution in [0.4, 0.5) is 10.1 Å². The average molecular weight is 455 g/mol. The molecule has 3 aromatic rings. The van der Waals surface area contributed by atoms with Gasteiger partial charge in [-0.2, -0.15) is 0 Å². The van der Waals surface area contributed by atoms with Gasteiger partial charge in [-0.3, -0.25) is 0 Å². The molecule has 29 heavy (non-hydrogen) atoms. The molecule has 0 aliphatic carbocycles. The first kappa shape index (κ1) is 21.6. The topological polar surface area (TPSA) is 30.5 Å². The van der Waals surface area contributed by atoms with Gasteiger partial charge in [0.15, 0.2) is 11.5 Å². The number of benzene rings is 3. The minimum atomic E-state index is -0.330. The molecular weight excluding hydrogens is 436 g/mol. The minimum Gasteiger partial charge on any atom is -0.490 e. The van der Waals surface area contributed by atoms with E-state index in [0.717, 1.165) is 11.3 Å². The van der Waals surface area contributed by atoms with E-state index in [1.807, 2.05) is 19.1 Å². The first-order valence-electron chi connectivity index (χ1n) is 8.98. The van der Waals surface area contributed by atoms with E-state index in [2.05, 4.69) is 5.32 Å².